The highest BCUT2D eigenvalue weighted by atomic mass is 28.4. The number of aliphatic hydroxyl groups is 3. The van der Waals surface area contributed by atoms with E-state index in [9.17, 15) is 15.3 Å². The molecule has 5 atom stereocenters. The maximum Gasteiger partial charge on any atom is 0.220 e. The zero-order valence-electron chi connectivity index (χ0n) is 12.8. The second-order valence-corrected chi connectivity index (χ2v) is 12.1. The summed E-state index contributed by atoms with van der Waals surface area (Å²) in [5.41, 5.74) is 0. The molecule has 118 valence electrons. The van der Waals surface area contributed by atoms with Crippen LogP contribution in [-0.2, 0) is 13.9 Å². The summed E-state index contributed by atoms with van der Waals surface area (Å²) in [6.07, 6.45) is -4.34. The Morgan fingerprint density at radius 1 is 1.20 bits per heavy atom. The van der Waals surface area contributed by atoms with E-state index in [2.05, 4.69) is 33.9 Å². The summed E-state index contributed by atoms with van der Waals surface area (Å²) in [5.74, 6) is -1.36. The molecule has 0 radical (unpaired) electrons. The molecule has 2 aliphatic heterocycles. The van der Waals surface area contributed by atoms with Crippen molar-refractivity contribution in [2.45, 2.75) is 69.1 Å². The van der Waals surface area contributed by atoms with E-state index >= 15 is 0 Å². The van der Waals surface area contributed by atoms with Crippen LogP contribution in [0.4, 0.5) is 0 Å². The van der Waals surface area contributed by atoms with Crippen LogP contribution in [0.15, 0.2) is 0 Å². The Hall–Kier alpha value is -0.0231. The van der Waals surface area contributed by atoms with Crippen molar-refractivity contribution >= 4 is 8.32 Å². The Morgan fingerprint density at radius 3 is 2.35 bits per heavy atom. The smallest absolute Gasteiger partial charge is 0.220 e. The second-order valence-electron chi connectivity index (χ2n) is 7.25. The van der Waals surface area contributed by atoms with Crippen molar-refractivity contribution in [2.24, 2.45) is 0 Å². The first kappa shape index (κ1) is 16.3. The molecule has 2 aliphatic rings. The molecule has 0 aromatic heterocycles. The van der Waals surface area contributed by atoms with Gasteiger partial charge in [-0.05, 0) is 18.1 Å². The molecule has 2 bridgehead atoms. The van der Waals surface area contributed by atoms with Crippen LogP contribution in [0, 0.1) is 0 Å². The number of ether oxygens (including phenoxy) is 2. The van der Waals surface area contributed by atoms with Gasteiger partial charge in [-0.25, -0.2) is 0 Å². The predicted octanol–water partition coefficient (Wildman–Crippen LogP) is 0.216. The molecule has 2 rings (SSSR count). The van der Waals surface area contributed by atoms with Gasteiger partial charge in [0.05, 0.1) is 13.2 Å². The molecule has 0 spiro atoms. The van der Waals surface area contributed by atoms with Crippen LogP contribution >= 0.6 is 0 Å². The minimum Gasteiger partial charge on any atom is -0.411 e. The van der Waals surface area contributed by atoms with E-state index < -0.39 is 38.5 Å². The van der Waals surface area contributed by atoms with Gasteiger partial charge < -0.3 is 29.2 Å². The first-order valence-corrected chi connectivity index (χ1v) is 9.91. The normalized spacial score (nSPS) is 42.0. The lowest BCUT2D eigenvalue weighted by Crippen LogP contribution is -2.63. The Kier molecular flexibility index (Phi) is 4.10. The van der Waals surface area contributed by atoms with Crippen LogP contribution in [0.3, 0.4) is 0 Å². The number of hydrogen-bond donors (Lipinski definition) is 3. The van der Waals surface area contributed by atoms with E-state index in [1.54, 1.807) is 0 Å². The van der Waals surface area contributed by atoms with Crippen molar-refractivity contribution < 1.29 is 29.2 Å². The Balaban J connectivity index is 2.10. The molecule has 3 N–H and O–H groups in total. The van der Waals surface area contributed by atoms with Gasteiger partial charge in [-0.15, -0.1) is 0 Å². The van der Waals surface area contributed by atoms with E-state index in [0.29, 0.717) is 0 Å². The average Bonchev–Trinajstić information content (AvgIpc) is 2.74. The minimum atomic E-state index is -2.02. The third kappa shape index (κ3) is 2.56. The topological polar surface area (TPSA) is 88.4 Å². The van der Waals surface area contributed by atoms with Gasteiger partial charge in [-0.1, -0.05) is 20.8 Å². The minimum absolute atomic E-state index is 0.0272. The second kappa shape index (κ2) is 5.01. The quantitative estimate of drug-likeness (QED) is 0.646. The number of hydrogen-bond acceptors (Lipinski definition) is 6. The SMILES string of the molecule is CC(C)(C)[Si](C)(C)OC[C@@]12OC[C@@H](O1)[C@@H](O)[C@@H](O)[C@@H]2O. The Morgan fingerprint density at radius 2 is 1.80 bits per heavy atom. The van der Waals surface area contributed by atoms with Gasteiger partial charge in [0.15, 0.2) is 8.32 Å². The van der Waals surface area contributed by atoms with Gasteiger partial charge in [-0.3, -0.25) is 0 Å². The molecule has 2 fully saturated rings. The third-order valence-electron chi connectivity index (χ3n) is 4.79. The predicted molar refractivity (Wildman–Crippen MR) is 74.7 cm³/mol. The number of rotatable bonds is 3. The van der Waals surface area contributed by atoms with E-state index in [1.807, 2.05) is 0 Å². The summed E-state index contributed by atoms with van der Waals surface area (Å²) in [6, 6.07) is 0. The van der Waals surface area contributed by atoms with Crippen LogP contribution in [-0.4, -0.2) is 67.1 Å². The van der Waals surface area contributed by atoms with Gasteiger partial charge in [0.1, 0.15) is 24.4 Å². The molecule has 2 saturated heterocycles. The van der Waals surface area contributed by atoms with E-state index in [1.165, 1.54) is 0 Å². The van der Waals surface area contributed by atoms with E-state index in [4.69, 9.17) is 13.9 Å². The van der Waals surface area contributed by atoms with Crippen molar-refractivity contribution in [1.82, 2.24) is 0 Å². The van der Waals surface area contributed by atoms with E-state index in [0.717, 1.165) is 0 Å². The van der Waals surface area contributed by atoms with Crippen molar-refractivity contribution in [1.29, 1.82) is 0 Å². The fourth-order valence-electron chi connectivity index (χ4n) is 2.20. The lowest BCUT2D eigenvalue weighted by Gasteiger charge is -2.44. The van der Waals surface area contributed by atoms with Crippen LogP contribution in [0.1, 0.15) is 20.8 Å². The van der Waals surface area contributed by atoms with Crippen molar-refractivity contribution in [3.8, 4) is 0 Å². The molecule has 20 heavy (non-hydrogen) atoms. The summed E-state index contributed by atoms with van der Waals surface area (Å²) in [4.78, 5) is 0. The van der Waals surface area contributed by atoms with Gasteiger partial charge in [0.25, 0.3) is 0 Å². The maximum atomic E-state index is 10.2. The summed E-state index contributed by atoms with van der Waals surface area (Å²) in [7, 11) is -2.02. The van der Waals surface area contributed by atoms with Gasteiger partial charge in [0.2, 0.25) is 5.79 Å². The highest BCUT2D eigenvalue weighted by molar-refractivity contribution is 6.74. The monoisotopic (exact) mass is 306 g/mol. The van der Waals surface area contributed by atoms with Gasteiger partial charge >= 0.3 is 0 Å². The first-order chi connectivity index (χ1) is 9.00. The van der Waals surface area contributed by atoms with Crippen molar-refractivity contribution in [2.75, 3.05) is 13.2 Å². The molecule has 0 aliphatic carbocycles. The lowest BCUT2D eigenvalue weighted by atomic mass is 9.95. The largest absolute Gasteiger partial charge is 0.411 e. The molecule has 2 heterocycles. The number of fused-ring (bicyclic) bond motifs is 2. The molecular formula is C13H26O6Si. The molecule has 0 aromatic carbocycles. The maximum absolute atomic E-state index is 10.2. The molecule has 0 amide bonds. The summed E-state index contributed by atoms with van der Waals surface area (Å²) in [6.45, 7) is 10.7. The highest BCUT2D eigenvalue weighted by Gasteiger charge is 2.60. The highest BCUT2D eigenvalue weighted by Crippen LogP contribution is 2.41. The van der Waals surface area contributed by atoms with Gasteiger partial charge in [0, 0.05) is 0 Å². The third-order valence-corrected chi connectivity index (χ3v) is 9.27. The van der Waals surface area contributed by atoms with E-state index in [-0.39, 0.29) is 18.3 Å². The van der Waals surface area contributed by atoms with Crippen molar-refractivity contribution in [3.05, 3.63) is 0 Å². The standard InChI is InChI=1S/C13H26O6Si/c1-12(2,3)20(4,5)18-7-13-11(16)10(15)9(14)8(19-13)6-17-13/h8-11,14-16H,6-7H2,1-5H3/t8-,9-,10-,11+,13-/m1/s1. The number of aliphatic hydroxyl groups excluding tert-OH is 3. The molecule has 7 heteroatoms. The van der Waals surface area contributed by atoms with Gasteiger partial charge in [-0.2, -0.15) is 0 Å². The summed E-state index contributed by atoms with van der Waals surface area (Å²) >= 11 is 0. The molecule has 6 nitrogen and oxygen atoms in total. The average molecular weight is 306 g/mol. The zero-order valence-corrected chi connectivity index (χ0v) is 13.8. The zero-order chi connectivity index (χ0) is 15.3. The first-order valence-electron chi connectivity index (χ1n) is 7.00. The van der Waals surface area contributed by atoms with Crippen LogP contribution in [0.25, 0.3) is 0 Å². The van der Waals surface area contributed by atoms with Crippen LogP contribution in [0.2, 0.25) is 18.1 Å². The Labute approximate surface area is 120 Å². The fourth-order valence-corrected chi connectivity index (χ4v) is 3.19. The van der Waals surface area contributed by atoms with Crippen molar-refractivity contribution in [3.63, 3.8) is 0 Å². The fraction of sp³-hybridized carbons (Fsp3) is 1.00. The Bertz CT molecular complexity index is 368. The summed E-state index contributed by atoms with van der Waals surface area (Å²) < 4.78 is 17.2. The van der Waals surface area contributed by atoms with Crippen LogP contribution in [0.5, 0.6) is 0 Å². The lowest BCUT2D eigenvalue weighted by molar-refractivity contribution is -0.303. The van der Waals surface area contributed by atoms with Crippen LogP contribution < -0.4 is 0 Å². The molecule has 0 aromatic rings. The molecule has 0 saturated carbocycles. The molecule has 0 unspecified atom stereocenters. The molecular weight excluding hydrogens is 280 g/mol. The summed E-state index contributed by atoms with van der Waals surface area (Å²) in [5, 5.41) is 29.8.